The first-order valence-corrected chi connectivity index (χ1v) is 7.75. The lowest BCUT2D eigenvalue weighted by Gasteiger charge is -2.45. The summed E-state index contributed by atoms with van der Waals surface area (Å²) in [6, 6.07) is 0. The molecule has 0 aromatic heterocycles. The van der Waals surface area contributed by atoms with E-state index in [0.717, 1.165) is 39.1 Å². The lowest BCUT2D eigenvalue weighted by atomic mass is 9.84. The van der Waals surface area contributed by atoms with Crippen LogP contribution in [0.5, 0.6) is 0 Å². The van der Waals surface area contributed by atoms with Gasteiger partial charge in [0.25, 0.3) is 0 Å². The van der Waals surface area contributed by atoms with Gasteiger partial charge in [-0.1, -0.05) is 25.7 Å². The third kappa shape index (κ3) is 3.93. The van der Waals surface area contributed by atoms with Gasteiger partial charge in [0.2, 0.25) is 0 Å². The lowest BCUT2D eigenvalue weighted by molar-refractivity contribution is -0.148. The normalized spacial score (nSPS) is 24.7. The molecule has 0 aromatic carbocycles. The van der Waals surface area contributed by atoms with Crippen LogP contribution in [0.2, 0.25) is 0 Å². The summed E-state index contributed by atoms with van der Waals surface area (Å²) in [5.74, 6) is -0.0316. The summed E-state index contributed by atoms with van der Waals surface area (Å²) in [5, 5.41) is 0. The minimum Gasteiger partial charge on any atom is -0.466 e. The topological polar surface area (TPSA) is 38.8 Å². The van der Waals surface area contributed by atoms with Gasteiger partial charge in [-0.25, -0.2) is 0 Å². The molecule has 0 bridgehead atoms. The SMILES string of the molecule is CCOC(=O)CC1(N2CCOCC2)CCCCCC1. The molecule has 1 saturated heterocycles. The molecular formula is C15H27NO3. The fourth-order valence-corrected chi connectivity index (χ4v) is 3.51. The fourth-order valence-electron chi connectivity index (χ4n) is 3.51. The standard InChI is InChI=1S/C15H27NO3/c1-2-19-14(17)13-15(7-5-3-4-6-8-15)16-9-11-18-12-10-16/h2-13H2,1H3. The highest BCUT2D eigenvalue weighted by Crippen LogP contribution is 2.36. The van der Waals surface area contributed by atoms with E-state index in [1.807, 2.05) is 6.92 Å². The van der Waals surface area contributed by atoms with Crippen molar-refractivity contribution in [3.05, 3.63) is 0 Å². The molecular weight excluding hydrogens is 242 g/mol. The second-order valence-corrected chi connectivity index (χ2v) is 5.72. The molecule has 1 heterocycles. The van der Waals surface area contributed by atoms with Crippen LogP contribution < -0.4 is 0 Å². The van der Waals surface area contributed by atoms with Gasteiger partial charge in [-0.3, -0.25) is 9.69 Å². The van der Waals surface area contributed by atoms with Crippen molar-refractivity contribution in [3.63, 3.8) is 0 Å². The molecule has 2 aliphatic rings. The Morgan fingerprint density at radius 3 is 2.37 bits per heavy atom. The maximum atomic E-state index is 12.0. The summed E-state index contributed by atoms with van der Waals surface area (Å²) < 4.78 is 10.7. The number of ether oxygens (including phenoxy) is 2. The highest BCUT2D eigenvalue weighted by atomic mass is 16.5. The van der Waals surface area contributed by atoms with E-state index in [9.17, 15) is 4.79 Å². The van der Waals surface area contributed by atoms with Crippen LogP contribution in [0.4, 0.5) is 0 Å². The molecule has 4 heteroatoms. The van der Waals surface area contributed by atoms with Crippen LogP contribution in [0.1, 0.15) is 51.9 Å². The molecule has 19 heavy (non-hydrogen) atoms. The molecule has 1 aliphatic heterocycles. The molecule has 0 atom stereocenters. The predicted molar refractivity (Wildman–Crippen MR) is 74.1 cm³/mol. The smallest absolute Gasteiger partial charge is 0.307 e. The zero-order valence-electron chi connectivity index (χ0n) is 12.2. The van der Waals surface area contributed by atoms with E-state index in [1.54, 1.807) is 0 Å². The Labute approximate surface area is 116 Å². The van der Waals surface area contributed by atoms with Crippen LogP contribution in [0.3, 0.4) is 0 Å². The van der Waals surface area contributed by atoms with Crippen molar-refractivity contribution in [1.29, 1.82) is 0 Å². The summed E-state index contributed by atoms with van der Waals surface area (Å²) in [4.78, 5) is 14.5. The monoisotopic (exact) mass is 269 g/mol. The highest BCUT2D eigenvalue weighted by molar-refractivity contribution is 5.71. The van der Waals surface area contributed by atoms with Gasteiger partial charge in [-0.05, 0) is 19.8 Å². The summed E-state index contributed by atoms with van der Waals surface area (Å²) in [5.41, 5.74) is 0.0343. The molecule has 1 aliphatic carbocycles. The maximum Gasteiger partial charge on any atom is 0.307 e. The van der Waals surface area contributed by atoms with Crippen LogP contribution >= 0.6 is 0 Å². The molecule has 0 spiro atoms. The minimum atomic E-state index is -0.0316. The van der Waals surface area contributed by atoms with E-state index >= 15 is 0 Å². The summed E-state index contributed by atoms with van der Waals surface area (Å²) >= 11 is 0. The van der Waals surface area contributed by atoms with Crippen molar-refractivity contribution in [3.8, 4) is 0 Å². The summed E-state index contributed by atoms with van der Waals surface area (Å²) in [6.45, 7) is 5.87. The van der Waals surface area contributed by atoms with Gasteiger partial charge < -0.3 is 9.47 Å². The van der Waals surface area contributed by atoms with Crippen LogP contribution in [0.25, 0.3) is 0 Å². The Balaban J connectivity index is 2.07. The first kappa shape index (κ1) is 14.8. The molecule has 4 nitrogen and oxygen atoms in total. The second-order valence-electron chi connectivity index (χ2n) is 5.72. The van der Waals surface area contributed by atoms with Crippen molar-refractivity contribution in [2.75, 3.05) is 32.9 Å². The van der Waals surface area contributed by atoms with Gasteiger partial charge in [0.1, 0.15) is 0 Å². The average molecular weight is 269 g/mol. The number of morpholine rings is 1. The van der Waals surface area contributed by atoms with Crippen LogP contribution in [-0.4, -0.2) is 49.3 Å². The summed E-state index contributed by atoms with van der Waals surface area (Å²) in [6.07, 6.45) is 7.88. The number of carbonyl (C=O) groups is 1. The molecule has 0 N–H and O–H groups in total. The van der Waals surface area contributed by atoms with E-state index < -0.39 is 0 Å². The van der Waals surface area contributed by atoms with Gasteiger partial charge in [0.15, 0.2) is 0 Å². The van der Waals surface area contributed by atoms with E-state index in [4.69, 9.17) is 9.47 Å². The molecule has 2 rings (SSSR count). The maximum absolute atomic E-state index is 12.0. The predicted octanol–water partition coefficient (Wildman–Crippen LogP) is 2.36. The van der Waals surface area contributed by atoms with Crippen LogP contribution in [0.15, 0.2) is 0 Å². The largest absolute Gasteiger partial charge is 0.466 e. The Morgan fingerprint density at radius 2 is 1.79 bits per heavy atom. The van der Waals surface area contributed by atoms with E-state index in [-0.39, 0.29) is 11.5 Å². The molecule has 0 radical (unpaired) electrons. The Hall–Kier alpha value is -0.610. The van der Waals surface area contributed by atoms with Crippen molar-refractivity contribution >= 4 is 5.97 Å². The number of hydrogen-bond donors (Lipinski definition) is 0. The number of hydrogen-bond acceptors (Lipinski definition) is 4. The van der Waals surface area contributed by atoms with Crippen LogP contribution in [-0.2, 0) is 14.3 Å². The lowest BCUT2D eigenvalue weighted by Crippen LogP contribution is -2.54. The number of esters is 1. The van der Waals surface area contributed by atoms with E-state index in [1.165, 1.54) is 25.7 Å². The molecule has 0 amide bonds. The first-order chi connectivity index (χ1) is 9.27. The molecule has 0 unspecified atom stereocenters. The van der Waals surface area contributed by atoms with Gasteiger partial charge in [-0.15, -0.1) is 0 Å². The third-order valence-corrected chi connectivity index (χ3v) is 4.49. The molecule has 110 valence electrons. The van der Waals surface area contributed by atoms with Gasteiger partial charge in [0.05, 0.1) is 26.2 Å². The quantitative estimate of drug-likeness (QED) is 0.580. The second kappa shape index (κ2) is 7.25. The fraction of sp³-hybridized carbons (Fsp3) is 0.933. The average Bonchev–Trinajstić information content (AvgIpc) is 2.66. The minimum absolute atomic E-state index is 0.0316. The number of nitrogens with zero attached hydrogens (tertiary/aromatic N) is 1. The van der Waals surface area contributed by atoms with E-state index in [0.29, 0.717) is 13.0 Å². The van der Waals surface area contributed by atoms with Crippen LogP contribution in [0, 0.1) is 0 Å². The zero-order chi connectivity index (χ0) is 13.6. The summed E-state index contributed by atoms with van der Waals surface area (Å²) in [7, 11) is 0. The van der Waals surface area contributed by atoms with Crippen molar-refractivity contribution in [2.45, 2.75) is 57.4 Å². The highest BCUT2D eigenvalue weighted by Gasteiger charge is 2.39. The molecule has 1 saturated carbocycles. The number of rotatable bonds is 4. The Morgan fingerprint density at radius 1 is 1.16 bits per heavy atom. The first-order valence-electron chi connectivity index (χ1n) is 7.75. The zero-order valence-corrected chi connectivity index (χ0v) is 12.2. The Bertz CT molecular complexity index is 279. The number of carbonyl (C=O) groups excluding carboxylic acids is 1. The van der Waals surface area contributed by atoms with Crippen molar-refractivity contribution in [2.24, 2.45) is 0 Å². The molecule has 0 aromatic rings. The van der Waals surface area contributed by atoms with Gasteiger partial charge >= 0.3 is 5.97 Å². The van der Waals surface area contributed by atoms with Crippen molar-refractivity contribution in [1.82, 2.24) is 4.90 Å². The third-order valence-electron chi connectivity index (χ3n) is 4.49. The van der Waals surface area contributed by atoms with Gasteiger partial charge in [0, 0.05) is 18.6 Å². The Kier molecular flexibility index (Phi) is 5.64. The van der Waals surface area contributed by atoms with Crippen molar-refractivity contribution < 1.29 is 14.3 Å². The van der Waals surface area contributed by atoms with E-state index in [2.05, 4.69) is 4.90 Å². The molecule has 2 fully saturated rings. The van der Waals surface area contributed by atoms with Gasteiger partial charge in [-0.2, -0.15) is 0 Å².